The van der Waals surface area contributed by atoms with E-state index in [1.807, 2.05) is 24.3 Å². The molecule has 0 unspecified atom stereocenters. The van der Waals surface area contributed by atoms with Crippen LogP contribution in [0.15, 0.2) is 66.7 Å². The third-order valence-electron chi connectivity index (χ3n) is 5.24. The van der Waals surface area contributed by atoms with Gasteiger partial charge in [0.25, 0.3) is 0 Å². The average Bonchev–Trinajstić information content (AvgIpc) is 3.11. The van der Waals surface area contributed by atoms with Gasteiger partial charge in [0.15, 0.2) is 0 Å². The molecule has 0 amide bonds. The molecule has 3 aromatic rings. The van der Waals surface area contributed by atoms with Crippen molar-refractivity contribution in [3.8, 4) is 0 Å². The average molecular weight is 408 g/mol. The monoisotopic (exact) mass is 407 g/mol. The number of hydrogen-bond acceptors (Lipinski definition) is 1. The highest BCUT2D eigenvalue weighted by Gasteiger charge is 2.17. The zero-order chi connectivity index (χ0) is 19.3. The summed E-state index contributed by atoms with van der Waals surface area (Å²) < 4.78 is 0. The third kappa shape index (κ3) is 4.67. The van der Waals surface area contributed by atoms with Gasteiger partial charge >= 0.3 is 0 Å². The van der Waals surface area contributed by atoms with Crippen molar-refractivity contribution in [1.29, 1.82) is 0 Å². The smallest absolute Gasteiger partial charge is 0.0493 e. The second kappa shape index (κ2) is 8.96. The second-order valence-corrected chi connectivity index (χ2v) is 8.11. The highest BCUT2D eigenvalue weighted by molar-refractivity contribution is 6.37. The first-order valence-electron chi connectivity index (χ1n) is 9.69. The molecule has 0 radical (unpaired) electrons. The normalized spacial score (nSPS) is 13.9. The van der Waals surface area contributed by atoms with Crippen LogP contribution in [0.4, 0.5) is 0 Å². The summed E-state index contributed by atoms with van der Waals surface area (Å²) in [5.74, 6) is 0. The number of benzene rings is 3. The summed E-state index contributed by atoms with van der Waals surface area (Å²) in [6.45, 7) is 3.29. The standard InChI is InChI=1S/C25H23Cl2N/c26-24-11-4-12-25(27)23(24)14-13-20-7-3-6-19(16-20)8-5-15-28-17-21-9-1-2-10-22(21)18-28/h1-4,6-7,9-14,16H,5,8,15,17-18H2/b14-13+. The molecule has 0 N–H and O–H groups in total. The van der Waals surface area contributed by atoms with Gasteiger partial charge in [0, 0.05) is 28.7 Å². The Bertz CT molecular complexity index is 948. The molecule has 3 heteroatoms. The third-order valence-corrected chi connectivity index (χ3v) is 5.90. The summed E-state index contributed by atoms with van der Waals surface area (Å²) in [5.41, 5.74) is 6.36. The molecule has 0 aliphatic carbocycles. The number of fused-ring (bicyclic) bond motifs is 1. The molecule has 0 bridgehead atoms. The molecule has 0 saturated carbocycles. The molecule has 0 atom stereocenters. The lowest BCUT2D eigenvalue weighted by molar-refractivity contribution is 0.280. The predicted octanol–water partition coefficient (Wildman–Crippen LogP) is 7.11. The summed E-state index contributed by atoms with van der Waals surface area (Å²) in [4.78, 5) is 2.54. The Morgan fingerprint density at radius 2 is 1.46 bits per heavy atom. The number of aryl methyl sites for hydroxylation is 1. The van der Waals surface area contributed by atoms with Crippen LogP contribution in [0.2, 0.25) is 10.0 Å². The van der Waals surface area contributed by atoms with Crippen molar-refractivity contribution in [2.24, 2.45) is 0 Å². The van der Waals surface area contributed by atoms with E-state index in [0.717, 1.165) is 38.0 Å². The molecule has 28 heavy (non-hydrogen) atoms. The highest BCUT2D eigenvalue weighted by Crippen LogP contribution is 2.26. The van der Waals surface area contributed by atoms with E-state index in [9.17, 15) is 0 Å². The second-order valence-electron chi connectivity index (χ2n) is 7.30. The lowest BCUT2D eigenvalue weighted by Crippen LogP contribution is -2.18. The molecule has 4 rings (SSSR count). The first-order valence-corrected chi connectivity index (χ1v) is 10.4. The Morgan fingerprint density at radius 1 is 0.786 bits per heavy atom. The van der Waals surface area contributed by atoms with Crippen molar-refractivity contribution in [3.63, 3.8) is 0 Å². The van der Waals surface area contributed by atoms with Gasteiger partial charge in [-0.3, -0.25) is 4.90 Å². The molecular formula is C25H23Cl2N. The van der Waals surface area contributed by atoms with E-state index in [1.165, 1.54) is 22.3 Å². The molecule has 0 spiro atoms. The maximum Gasteiger partial charge on any atom is 0.0493 e. The molecule has 0 aromatic heterocycles. The van der Waals surface area contributed by atoms with Crippen LogP contribution in [0.5, 0.6) is 0 Å². The van der Waals surface area contributed by atoms with E-state index in [-0.39, 0.29) is 0 Å². The number of rotatable bonds is 6. The van der Waals surface area contributed by atoms with Crippen molar-refractivity contribution < 1.29 is 0 Å². The summed E-state index contributed by atoms with van der Waals surface area (Å²) in [6.07, 6.45) is 6.32. The van der Waals surface area contributed by atoms with Crippen molar-refractivity contribution in [2.75, 3.05) is 6.54 Å². The van der Waals surface area contributed by atoms with Crippen molar-refractivity contribution >= 4 is 35.4 Å². The molecule has 0 fully saturated rings. The Hall–Kier alpha value is -2.06. The van der Waals surface area contributed by atoms with Crippen molar-refractivity contribution in [1.82, 2.24) is 4.90 Å². The topological polar surface area (TPSA) is 3.24 Å². The Balaban J connectivity index is 1.34. The Morgan fingerprint density at radius 3 is 2.18 bits per heavy atom. The molecule has 1 aliphatic rings. The number of hydrogen-bond donors (Lipinski definition) is 0. The van der Waals surface area contributed by atoms with Crippen LogP contribution >= 0.6 is 23.2 Å². The Kier molecular flexibility index (Phi) is 6.17. The van der Waals surface area contributed by atoms with Gasteiger partial charge in [-0.25, -0.2) is 0 Å². The molecular weight excluding hydrogens is 385 g/mol. The molecule has 142 valence electrons. The van der Waals surface area contributed by atoms with Crippen LogP contribution in [0.3, 0.4) is 0 Å². The maximum atomic E-state index is 6.25. The van der Waals surface area contributed by atoms with E-state index < -0.39 is 0 Å². The van der Waals surface area contributed by atoms with Crippen molar-refractivity contribution in [2.45, 2.75) is 25.9 Å². The van der Waals surface area contributed by atoms with Gasteiger partial charge in [0.05, 0.1) is 0 Å². The van der Waals surface area contributed by atoms with Gasteiger partial charge in [-0.05, 0) is 53.8 Å². The van der Waals surface area contributed by atoms with E-state index in [4.69, 9.17) is 23.2 Å². The summed E-state index contributed by atoms with van der Waals surface area (Å²) in [6, 6.07) is 23.0. The quantitative estimate of drug-likeness (QED) is 0.393. The minimum atomic E-state index is 0.673. The van der Waals surface area contributed by atoms with Crippen LogP contribution in [-0.2, 0) is 19.5 Å². The molecule has 3 aromatic carbocycles. The zero-order valence-electron chi connectivity index (χ0n) is 15.7. The van der Waals surface area contributed by atoms with Crippen LogP contribution in [0.1, 0.15) is 34.2 Å². The van der Waals surface area contributed by atoms with Crippen molar-refractivity contribution in [3.05, 3.63) is 105 Å². The van der Waals surface area contributed by atoms with Gasteiger partial charge in [-0.1, -0.05) is 90.0 Å². The summed E-state index contributed by atoms with van der Waals surface area (Å²) in [5, 5.41) is 1.35. The maximum absolute atomic E-state index is 6.25. The molecule has 0 saturated heterocycles. The lowest BCUT2D eigenvalue weighted by Gasteiger charge is -2.14. The minimum Gasteiger partial charge on any atom is -0.295 e. The first-order chi connectivity index (χ1) is 13.7. The van der Waals surface area contributed by atoms with Gasteiger partial charge in [0.1, 0.15) is 0 Å². The SMILES string of the molecule is Clc1cccc(Cl)c1/C=C/c1cccc(CCCN2Cc3ccccc3C2)c1. The summed E-state index contributed by atoms with van der Waals surface area (Å²) in [7, 11) is 0. The molecule has 1 nitrogen and oxygen atoms in total. The fourth-order valence-electron chi connectivity index (χ4n) is 3.77. The van der Waals surface area contributed by atoms with Gasteiger partial charge in [-0.15, -0.1) is 0 Å². The number of nitrogens with zero attached hydrogens (tertiary/aromatic N) is 1. The fourth-order valence-corrected chi connectivity index (χ4v) is 4.29. The lowest BCUT2D eigenvalue weighted by atomic mass is 10.1. The van der Waals surface area contributed by atoms with E-state index in [1.54, 1.807) is 0 Å². The van der Waals surface area contributed by atoms with Crippen LogP contribution in [-0.4, -0.2) is 11.4 Å². The molecule has 1 heterocycles. The Labute approximate surface area is 177 Å². The zero-order valence-corrected chi connectivity index (χ0v) is 17.3. The van der Waals surface area contributed by atoms with Crippen LogP contribution in [0.25, 0.3) is 12.2 Å². The number of halogens is 2. The van der Waals surface area contributed by atoms with Gasteiger partial charge in [0.2, 0.25) is 0 Å². The van der Waals surface area contributed by atoms with E-state index in [0.29, 0.717) is 10.0 Å². The predicted molar refractivity (Wildman–Crippen MR) is 121 cm³/mol. The molecule has 1 aliphatic heterocycles. The highest BCUT2D eigenvalue weighted by atomic mass is 35.5. The fraction of sp³-hybridized carbons (Fsp3) is 0.200. The van der Waals surface area contributed by atoms with Gasteiger partial charge < -0.3 is 0 Å². The first kappa shape index (κ1) is 19.3. The largest absolute Gasteiger partial charge is 0.295 e. The minimum absolute atomic E-state index is 0.673. The van der Waals surface area contributed by atoms with E-state index >= 15 is 0 Å². The van der Waals surface area contributed by atoms with Crippen LogP contribution in [0, 0.1) is 0 Å². The van der Waals surface area contributed by atoms with Crippen LogP contribution < -0.4 is 0 Å². The van der Waals surface area contributed by atoms with Gasteiger partial charge in [-0.2, -0.15) is 0 Å². The summed E-state index contributed by atoms with van der Waals surface area (Å²) >= 11 is 12.5. The van der Waals surface area contributed by atoms with E-state index in [2.05, 4.69) is 59.5 Å².